The number of anilines is 1. The van der Waals surface area contributed by atoms with Gasteiger partial charge in [0.05, 0.1) is 0 Å². The van der Waals surface area contributed by atoms with Crippen LogP contribution in [0.4, 0.5) is 5.69 Å². The molecular weight excluding hydrogens is 362 g/mol. The third-order valence-corrected chi connectivity index (χ3v) is 5.45. The van der Waals surface area contributed by atoms with E-state index in [1.54, 1.807) is 24.3 Å². The smallest absolute Gasteiger partial charge is 0.253 e. The molecule has 0 bridgehead atoms. The van der Waals surface area contributed by atoms with Gasteiger partial charge in [-0.2, -0.15) is 0 Å². The molecule has 1 N–H and O–H groups in total. The Morgan fingerprint density at radius 1 is 0.966 bits per heavy atom. The van der Waals surface area contributed by atoms with Gasteiger partial charge in [0.1, 0.15) is 0 Å². The molecular formula is C24H31N3O2. The van der Waals surface area contributed by atoms with Crippen LogP contribution in [-0.2, 0) is 11.3 Å². The molecule has 0 unspecified atom stereocenters. The molecule has 5 nitrogen and oxygen atoms in total. The number of benzene rings is 2. The van der Waals surface area contributed by atoms with Crippen LogP contribution in [0.15, 0.2) is 48.5 Å². The molecule has 0 radical (unpaired) electrons. The fourth-order valence-corrected chi connectivity index (χ4v) is 3.53. The van der Waals surface area contributed by atoms with Gasteiger partial charge < -0.3 is 10.2 Å². The van der Waals surface area contributed by atoms with Crippen molar-refractivity contribution >= 4 is 17.5 Å². The van der Waals surface area contributed by atoms with Crippen molar-refractivity contribution in [3.63, 3.8) is 0 Å². The monoisotopic (exact) mass is 393 g/mol. The Morgan fingerprint density at radius 2 is 1.69 bits per heavy atom. The minimum atomic E-state index is -0.0731. The summed E-state index contributed by atoms with van der Waals surface area (Å²) in [6.45, 7) is 10.2. The Balaban J connectivity index is 1.57. The van der Waals surface area contributed by atoms with Crippen LogP contribution in [-0.4, -0.2) is 47.8 Å². The average Bonchev–Trinajstić information content (AvgIpc) is 2.95. The first-order valence-corrected chi connectivity index (χ1v) is 10.4. The first kappa shape index (κ1) is 21.1. The molecule has 29 heavy (non-hydrogen) atoms. The third kappa shape index (κ3) is 5.67. The first-order chi connectivity index (χ1) is 13.9. The number of amides is 2. The highest BCUT2D eigenvalue weighted by atomic mass is 16.2. The maximum Gasteiger partial charge on any atom is 0.253 e. The van der Waals surface area contributed by atoms with E-state index in [4.69, 9.17) is 0 Å². The average molecular weight is 394 g/mol. The summed E-state index contributed by atoms with van der Waals surface area (Å²) < 4.78 is 0. The molecule has 2 aromatic rings. The second kappa shape index (κ2) is 9.70. The molecule has 0 aliphatic carbocycles. The minimum absolute atomic E-state index is 0.0228. The summed E-state index contributed by atoms with van der Waals surface area (Å²) >= 11 is 0. The van der Waals surface area contributed by atoms with Crippen molar-refractivity contribution in [1.29, 1.82) is 0 Å². The minimum Gasteiger partial charge on any atom is -0.337 e. The Kier molecular flexibility index (Phi) is 7.04. The molecule has 0 saturated carbocycles. The van der Waals surface area contributed by atoms with Gasteiger partial charge in [0.2, 0.25) is 5.91 Å². The number of nitrogens with one attached hydrogen (secondary N) is 1. The van der Waals surface area contributed by atoms with Crippen molar-refractivity contribution in [3.8, 4) is 0 Å². The Bertz CT molecular complexity index is 845. The van der Waals surface area contributed by atoms with E-state index < -0.39 is 0 Å². The fourth-order valence-electron chi connectivity index (χ4n) is 3.53. The van der Waals surface area contributed by atoms with Crippen LogP contribution in [0.5, 0.6) is 0 Å². The van der Waals surface area contributed by atoms with Gasteiger partial charge in [0.25, 0.3) is 5.91 Å². The Labute approximate surface area is 173 Å². The van der Waals surface area contributed by atoms with E-state index in [0.717, 1.165) is 44.8 Å². The molecule has 2 aromatic carbocycles. The molecule has 0 atom stereocenters. The molecule has 1 aliphatic rings. The lowest BCUT2D eigenvalue weighted by Crippen LogP contribution is -2.35. The van der Waals surface area contributed by atoms with Crippen molar-refractivity contribution in [1.82, 2.24) is 9.80 Å². The van der Waals surface area contributed by atoms with Crippen LogP contribution < -0.4 is 5.32 Å². The van der Waals surface area contributed by atoms with Crippen LogP contribution in [0.1, 0.15) is 41.8 Å². The van der Waals surface area contributed by atoms with Gasteiger partial charge in [-0.3, -0.25) is 14.5 Å². The van der Waals surface area contributed by atoms with Crippen molar-refractivity contribution in [2.24, 2.45) is 5.92 Å². The number of hydrogen-bond acceptors (Lipinski definition) is 3. The molecule has 3 rings (SSSR count). The largest absolute Gasteiger partial charge is 0.337 e. The normalized spacial score (nSPS) is 15.2. The predicted octanol–water partition coefficient (Wildman–Crippen LogP) is 3.94. The molecule has 154 valence electrons. The van der Waals surface area contributed by atoms with Crippen LogP contribution in [0.2, 0.25) is 0 Å². The number of nitrogens with zero attached hydrogens (tertiary/aromatic N) is 2. The van der Waals surface area contributed by atoms with Gasteiger partial charge in [-0.15, -0.1) is 0 Å². The van der Waals surface area contributed by atoms with Crippen LogP contribution in [0.25, 0.3) is 0 Å². The zero-order chi connectivity index (χ0) is 20.8. The number of carbonyl (C=O) groups excluding carboxylic acids is 2. The summed E-state index contributed by atoms with van der Waals surface area (Å²) in [7, 11) is 0. The van der Waals surface area contributed by atoms with Gasteiger partial charge in [-0.1, -0.05) is 38.1 Å². The van der Waals surface area contributed by atoms with Gasteiger partial charge in [-0.25, -0.2) is 0 Å². The van der Waals surface area contributed by atoms with Crippen molar-refractivity contribution in [2.45, 2.75) is 33.7 Å². The summed E-state index contributed by atoms with van der Waals surface area (Å²) in [6.07, 6.45) is 0.972. The lowest BCUT2D eigenvalue weighted by molar-refractivity contribution is -0.118. The SMILES string of the molecule is Cc1ccccc1CN1CCCN(C(=O)c2ccc(NC(=O)C(C)C)cc2)CC1. The maximum atomic E-state index is 12.9. The van der Waals surface area contributed by atoms with Gasteiger partial charge in [-0.05, 0) is 48.7 Å². The van der Waals surface area contributed by atoms with E-state index in [2.05, 4.69) is 41.4 Å². The topological polar surface area (TPSA) is 52.6 Å². The van der Waals surface area contributed by atoms with E-state index in [1.165, 1.54) is 11.1 Å². The quantitative estimate of drug-likeness (QED) is 0.837. The second-order valence-corrected chi connectivity index (χ2v) is 8.07. The number of carbonyl (C=O) groups is 2. The highest BCUT2D eigenvalue weighted by Gasteiger charge is 2.20. The van der Waals surface area contributed by atoms with Crippen molar-refractivity contribution in [3.05, 3.63) is 65.2 Å². The van der Waals surface area contributed by atoms with Crippen molar-refractivity contribution < 1.29 is 9.59 Å². The third-order valence-electron chi connectivity index (χ3n) is 5.45. The number of aryl methyl sites for hydroxylation is 1. The van der Waals surface area contributed by atoms with Crippen LogP contribution in [0, 0.1) is 12.8 Å². The zero-order valence-corrected chi connectivity index (χ0v) is 17.6. The summed E-state index contributed by atoms with van der Waals surface area (Å²) in [4.78, 5) is 29.1. The molecule has 0 aromatic heterocycles. The van der Waals surface area contributed by atoms with Crippen LogP contribution in [0.3, 0.4) is 0 Å². The molecule has 1 fully saturated rings. The molecule has 2 amide bonds. The number of hydrogen-bond donors (Lipinski definition) is 1. The van der Waals surface area contributed by atoms with E-state index in [-0.39, 0.29) is 17.7 Å². The summed E-state index contributed by atoms with van der Waals surface area (Å²) in [5, 5.41) is 2.86. The Morgan fingerprint density at radius 3 is 2.38 bits per heavy atom. The van der Waals surface area contributed by atoms with E-state index >= 15 is 0 Å². The summed E-state index contributed by atoms with van der Waals surface area (Å²) in [5.74, 6) is -0.0363. The summed E-state index contributed by atoms with van der Waals surface area (Å²) in [5.41, 5.74) is 4.06. The summed E-state index contributed by atoms with van der Waals surface area (Å²) in [6, 6.07) is 15.7. The maximum absolute atomic E-state index is 12.9. The van der Waals surface area contributed by atoms with E-state index in [9.17, 15) is 9.59 Å². The molecule has 5 heteroatoms. The fraction of sp³-hybridized carbons (Fsp3) is 0.417. The Hall–Kier alpha value is -2.66. The first-order valence-electron chi connectivity index (χ1n) is 10.4. The highest BCUT2D eigenvalue weighted by Crippen LogP contribution is 2.16. The zero-order valence-electron chi connectivity index (χ0n) is 17.6. The van der Waals surface area contributed by atoms with E-state index in [0.29, 0.717) is 5.56 Å². The second-order valence-electron chi connectivity index (χ2n) is 8.07. The van der Waals surface area contributed by atoms with Gasteiger partial charge >= 0.3 is 0 Å². The molecule has 1 saturated heterocycles. The molecule has 1 heterocycles. The molecule has 0 spiro atoms. The van der Waals surface area contributed by atoms with E-state index in [1.807, 2.05) is 18.7 Å². The number of rotatable bonds is 5. The van der Waals surface area contributed by atoms with Gasteiger partial charge in [0.15, 0.2) is 0 Å². The van der Waals surface area contributed by atoms with Gasteiger partial charge in [0, 0.05) is 49.9 Å². The van der Waals surface area contributed by atoms with Crippen LogP contribution >= 0.6 is 0 Å². The highest BCUT2D eigenvalue weighted by molar-refractivity contribution is 5.96. The standard InChI is InChI=1S/C24H31N3O2/c1-18(2)23(28)25-22-11-9-20(10-12-22)24(29)27-14-6-13-26(15-16-27)17-21-8-5-4-7-19(21)3/h4-5,7-12,18H,6,13-17H2,1-3H3,(H,25,28). The lowest BCUT2D eigenvalue weighted by Gasteiger charge is -2.23. The van der Waals surface area contributed by atoms with Crippen molar-refractivity contribution in [2.75, 3.05) is 31.5 Å². The predicted molar refractivity (Wildman–Crippen MR) is 117 cm³/mol. The molecule has 1 aliphatic heterocycles. The lowest BCUT2D eigenvalue weighted by atomic mass is 10.1.